The molecule has 0 amide bonds. The van der Waals surface area contributed by atoms with E-state index in [1.165, 1.54) is 17.9 Å². The van der Waals surface area contributed by atoms with Crippen molar-refractivity contribution in [3.63, 3.8) is 0 Å². The number of halogens is 1. The standard InChI is InChI=1S/C10H8.C6H6.C2H3ClO2/c1-2-6-10-8-4-3-7-9(10)5-1;1-2-4-6-5-3-1;1-5-2(3)4/h1-8H;1-6H;1H3. The van der Waals surface area contributed by atoms with Crippen LogP contribution in [0.15, 0.2) is 84.9 Å². The molecule has 0 radical (unpaired) electrons. The average Bonchev–Trinajstić information content (AvgIpc) is 2.57. The van der Waals surface area contributed by atoms with Gasteiger partial charge >= 0.3 is 5.43 Å². The van der Waals surface area contributed by atoms with Crippen LogP contribution in [0.2, 0.25) is 0 Å². The molecule has 0 unspecified atom stereocenters. The maximum absolute atomic E-state index is 9.36. The van der Waals surface area contributed by atoms with Crippen molar-refractivity contribution in [1.82, 2.24) is 0 Å². The quantitative estimate of drug-likeness (QED) is 0.511. The van der Waals surface area contributed by atoms with Crippen LogP contribution in [0.4, 0.5) is 4.79 Å². The number of hydrogen-bond acceptors (Lipinski definition) is 2. The molecule has 3 aromatic carbocycles. The van der Waals surface area contributed by atoms with Crippen molar-refractivity contribution in [2.75, 3.05) is 7.11 Å². The van der Waals surface area contributed by atoms with Crippen molar-refractivity contribution in [2.45, 2.75) is 0 Å². The first-order valence-corrected chi connectivity index (χ1v) is 6.79. The highest BCUT2D eigenvalue weighted by Gasteiger charge is 1.85. The Morgan fingerprint density at radius 1 is 0.714 bits per heavy atom. The lowest BCUT2D eigenvalue weighted by atomic mass is 10.1. The van der Waals surface area contributed by atoms with Crippen LogP contribution in [-0.4, -0.2) is 12.5 Å². The molecule has 2 nitrogen and oxygen atoms in total. The van der Waals surface area contributed by atoms with Gasteiger partial charge in [-0.05, 0) is 10.8 Å². The van der Waals surface area contributed by atoms with Gasteiger partial charge in [0, 0.05) is 11.6 Å². The molecule has 0 aliphatic heterocycles. The summed E-state index contributed by atoms with van der Waals surface area (Å²) in [6.07, 6.45) is 0. The summed E-state index contributed by atoms with van der Waals surface area (Å²) in [5, 5.41) is 2.62. The average molecular weight is 301 g/mol. The second-order valence-corrected chi connectivity index (χ2v) is 4.25. The molecule has 0 atom stereocenters. The highest BCUT2D eigenvalue weighted by atomic mass is 35.5. The zero-order chi connectivity index (χ0) is 15.3. The van der Waals surface area contributed by atoms with Crippen molar-refractivity contribution < 1.29 is 9.53 Å². The van der Waals surface area contributed by atoms with Crippen LogP contribution >= 0.6 is 11.6 Å². The lowest BCUT2D eigenvalue weighted by Crippen LogP contribution is -1.80. The SMILES string of the molecule is COC(=O)Cl.c1ccc2ccccc2c1.c1ccccc1. The molecule has 108 valence electrons. The molecule has 0 aliphatic rings. The fourth-order valence-electron chi connectivity index (χ4n) is 1.52. The second-order valence-electron chi connectivity index (χ2n) is 3.94. The summed E-state index contributed by atoms with van der Waals surface area (Å²) < 4.78 is 3.88. The third-order valence-electron chi connectivity index (χ3n) is 2.49. The number of fused-ring (bicyclic) bond motifs is 1. The van der Waals surface area contributed by atoms with E-state index < -0.39 is 5.43 Å². The molecule has 0 saturated heterocycles. The van der Waals surface area contributed by atoms with Gasteiger partial charge in [0.25, 0.3) is 0 Å². The Hall–Kier alpha value is -2.32. The van der Waals surface area contributed by atoms with E-state index in [1.54, 1.807) is 0 Å². The Morgan fingerprint density at radius 2 is 0.952 bits per heavy atom. The summed E-state index contributed by atoms with van der Waals surface area (Å²) >= 11 is 4.60. The van der Waals surface area contributed by atoms with Gasteiger partial charge in [-0.1, -0.05) is 84.9 Å². The molecule has 3 rings (SSSR count). The van der Waals surface area contributed by atoms with Crippen molar-refractivity contribution in [2.24, 2.45) is 0 Å². The summed E-state index contributed by atoms with van der Waals surface area (Å²) in [5.41, 5.74) is -0.773. The first-order chi connectivity index (χ1) is 10.2. The molecule has 0 saturated carbocycles. The number of methoxy groups -OCH3 is 1. The minimum Gasteiger partial charge on any atom is -0.457 e. The first-order valence-electron chi connectivity index (χ1n) is 6.41. The largest absolute Gasteiger partial charge is 0.457 e. The monoisotopic (exact) mass is 300 g/mol. The van der Waals surface area contributed by atoms with Crippen LogP contribution in [0.1, 0.15) is 0 Å². The fourth-order valence-corrected chi connectivity index (χ4v) is 1.52. The van der Waals surface area contributed by atoms with E-state index in [0.29, 0.717) is 0 Å². The fraction of sp³-hybridized carbons (Fsp3) is 0.0556. The summed E-state index contributed by atoms with van der Waals surface area (Å²) in [4.78, 5) is 9.36. The number of hydrogen-bond donors (Lipinski definition) is 0. The lowest BCUT2D eigenvalue weighted by Gasteiger charge is -1.92. The molecule has 0 heterocycles. The molecular formula is C18H17ClO2. The zero-order valence-electron chi connectivity index (χ0n) is 11.8. The Bertz CT molecular complexity index is 547. The van der Waals surface area contributed by atoms with Gasteiger partial charge in [-0.3, -0.25) is 0 Å². The van der Waals surface area contributed by atoms with E-state index in [-0.39, 0.29) is 0 Å². The smallest absolute Gasteiger partial charge is 0.403 e. The molecule has 3 aromatic rings. The molecule has 0 spiro atoms. The number of carbonyl (C=O) groups excluding carboxylic acids is 1. The zero-order valence-corrected chi connectivity index (χ0v) is 12.5. The Balaban J connectivity index is 0.000000173. The number of ether oxygens (including phenoxy) is 1. The molecule has 3 heteroatoms. The highest BCUT2D eigenvalue weighted by molar-refractivity contribution is 6.61. The predicted octanol–water partition coefficient (Wildman–Crippen LogP) is 5.52. The van der Waals surface area contributed by atoms with Crippen molar-refractivity contribution in [1.29, 1.82) is 0 Å². The van der Waals surface area contributed by atoms with Gasteiger partial charge in [0.2, 0.25) is 0 Å². The van der Waals surface area contributed by atoms with Crippen molar-refractivity contribution in [3.05, 3.63) is 84.9 Å². The topological polar surface area (TPSA) is 26.3 Å². The Morgan fingerprint density at radius 3 is 1.14 bits per heavy atom. The summed E-state index contributed by atoms with van der Waals surface area (Å²) in [6.45, 7) is 0. The molecule has 0 N–H and O–H groups in total. The number of benzene rings is 3. The number of rotatable bonds is 0. The molecule has 0 bridgehead atoms. The van der Waals surface area contributed by atoms with Crippen LogP contribution in [0.25, 0.3) is 10.8 Å². The molecular weight excluding hydrogens is 284 g/mol. The van der Waals surface area contributed by atoms with Gasteiger partial charge in [-0.15, -0.1) is 0 Å². The second kappa shape index (κ2) is 10.5. The third-order valence-corrected chi connectivity index (χ3v) is 2.64. The molecule has 0 fully saturated rings. The Labute approximate surface area is 129 Å². The van der Waals surface area contributed by atoms with Gasteiger partial charge < -0.3 is 4.74 Å². The van der Waals surface area contributed by atoms with Gasteiger partial charge in [0.05, 0.1) is 7.11 Å². The predicted molar refractivity (Wildman–Crippen MR) is 88.6 cm³/mol. The summed E-state index contributed by atoms with van der Waals surface area (Å²) in [6, 6.07) is 28.7. The minimum atomic E-state index is -0.773. The first kappa shape index (κ1) is 16.7. The maximum atomic E-state index is 9.36. The van der Waals surface area contributed by atoms with E-state index in [4.69, 9.17) is 0 Å². The van der Waals surface area contributed by atoms with Crippen LogP contribution in [-0.2, 0) is 4.74 Å². The van der Waals surface area contributed by atoms with Gasteiger partial charge in [-0.2, -0.15) is 0 Å². The highest BCUT2D eigenvalue weighted by Crippen LogP contribution is 2.11. The summed E-state index contributed by atoms with van der Waals surface area (Å²) in [7, 11) is 1.22. The normalized spacial score (nSPS) is 8.67. The van der Waals surface area contributed by atoms with E-state index in [0.717, 1.165) is 0 Å². The molecule has 0 aromatic heterocycles. The van der Waals surface area contributed by atoms with Crippen molar-refractivity contribution in [3.8, 4) is 0 Å². The Kier molecular flexibility index (Phi) is 8.34. The lowest BCUT2D eigenvalue weighted by molar-refractivity contribution is 0.198. The molecule has 21 heavy (non-hydrogen) atoms. The van der Waals surface area contributed by atoms with E-state index in [9.17, 15) is 4.79 Å². The van der Waals surface area contributed by atoms with E-state index in [2.05, 4.69) is 64.9 Å². The van der Waals surface area contributed by atoms with Crippen LogP contribution in [0.5, 0.6) is 0 Å². The van der Waals surface area contributed by atoms with Gasteiger partial charge in [0.1, 0.15) is 0 Å². The van der Waals surface area contributed by atoms with Crippen LogP contribution < -0.4 is 0 Å². The minimum absolute atomic E-state index is 0.773. The third kappa shape index (κ3) is 7.75. The van der Waals surface area contributed by atoms with Crippen LogP contribution in [0, 0.1) is 0 Å². The molecule has 0 aliphatic carbocycles. The maximum Gasteiger partial charge on any atom is 0.403 e. The van der Waals surface area contributed by atoms with Gasteiger partial charge in [0.15, 0.2) is 0 Å². The van der Waals surface area contributed by atoms with E-state index >= 15 is 0 Å². The summed E-state index contributed by atoms with van der Waals surface area (Å²) in [5.74, 6) is 0. The van der Waals surface area contributed by atoms with E-state index in [1.807, 2.05) is 36.4 Å². The number of carbonyl (C=O) groups is 1. The van der Waals surface area contributed by atoms with Gasteiger partial charge in [-0.25, -0.2) is 4.79 Å². The van der Waals surface area contributed by atoms with Crippen LogP contribution in [0.3, 0.4) is 0 Å². The van der Waals surface area contributed by atoms with Crippen molar-refractivity contribution >= 4 is 27.8 Å².